The summed E-state index contributed by atoms with van der Waals surface area (Å²) in [5.74, 6) is 1.32. The van der Waals surface area contributed by atoms with E-state index in [9.17, 15) is 9.59 Å². The van der Waals surface area contributed by atoms with Crippen LogP contribution in [0.5, 0.6) is 0 Å². The maximum Gasteiger partial charge on any atom is 0.261 e. The van der Waals surface area contributed by atoms with E-state index in [1.807, 2.05) is 34.1 Å². The number of amides is 2. The van der Waals surface area contributed by atoms with Crippen LogP contribution in [0.2, 0.25) is 0 Å². The van der Waals surface area contributed by atoms with Gasteiger partial charge in [-0.25, -0.2) is 0 Å². The lowest BCUT2D eigenvalue weighted by Gasteiger charge is -2.24. The van der Waals surface area contributed by atoms with Crippen LogP contribution in [0.4, 0.5) is 0 Å². The van der Waals surface area contributed by atoms with E-state index in [-0.39, 0.29) is 11.8 Å². The minimum Gasteiger partial charge on any atom is -0.306 e. The number of carbonyl (C=O) groups is 2. The van der Waals surface area contributed by atoms with Crippen LogP contribution in [0.25, 0.3) is 11.4 Å². The van der Waals surface area contributed by atoms with Gasteiger partial charge in [0.15, 0.2) is 0 Å². The van der Waals surface area contributed by atoms with E-state index in [0.29, 0.717) is 36.1 Å². The first-order valence-electron chi connectivity index (χ1n) is 13.8. The van der Waals surface area contributed by atoms with E-state index in [0.717, 1.165) is 67.2 Å². The minimum atomic E-state index is -0.0291. The molecule has 0 saturated carbocycles. The van der Waals surface area contributed by atoms with Crippen LogP contribution >= 0.6 is 54.5 Å². The Bertz CT molecular complexity index is 1130. The minimum absolute atomic E-state index is 0.0291. The van der Waals surface area contributed by atoms with Crippen molar-refractivity contribution in [3.63, 3.8) is 0 Å². The molecule has 0 N–H and O–H groups in total. The van der Waals surface area contributed by atoms with Gasteiger partial charge in [0.2, 0.25) is 0 Å². The van der Waals surface area contributed by atoms with E-state index < -0.39 is 0 Å². The second kappa shape index (κ2) is 13.4. The number of unbranched alkanes of at least 4 members (excludes halogenated alkanes) is 4. The molecule has 2 aliphatic rings. The van der Waals surface area contributed by atoms with Gasteiger partial charge in [-0.2, -0.15) is 0 Å². The largest absolute Gasteiger partial charge is 0.306 e. The van der Waals surface area contributed by atoms with Crippen molar-refractivity contribution in [3.05, 3.63) is 52.7 Å². The number of carbonyl (C=O) groups excluding carboxylic acids is 2. The standard InChI is InChI=1S/C30H38Br2N2O2S2/c1-19(2)11-7-5-9-17-33-27(21-13-15-23(31)37-21)25-26(29(33)35)28(22-14-16-24(32)38-22)34(30(25)36)18-10-6-8-12-20(3)4/h13-16,19-20H,5-12,17-18H2,1-4H3. The zero-order chi connectivity index (χ0) is 27.4. The van der Waals surface area contributed by atoms with Crippen LogP contribution in [0, 0.1) is 11.8 Å². The Balaban J connectivity index is 1.68. The van der Waals surface area contributed by atoms with Gasteiger partial charge in [0.25, 0.3) is 11.8 Å². The summed E-state index contributed by atoms with van der Waals surface area (Å²) in [6, 6.07) is 8.07. The smallest absolute Gasteiger partial charge is 0.261 e. The normalized spacial score (nSPS) is 15.9. The van der Waals surface area contributed by atoms with Crippen LogP contribution in [0.3, 0.4) is 0 Å². The van der Waals surface area contributed by atoms with Gasteiger partial charge in [-0.05, 0) is 80.8 Å². The Morgan fingerprint density at radius 2 is 1.03 bits per heavy atom. The third-order valence-electron chi connectivity index (χ3n) is 7.12. The fourth-order valence-electron chi connectivity index (χ4n) is 5.22. The molecule has 0 spiro atoms. The van der Waals surface area contributed by atoms with Crippen molar-refractivity contribution in [2.75, 3.05) is 13.1 Å². The number of nitrogens with zero attached hydrogens (tertiary/aromatic N) is 2. The molecular weight excluding hydrogens is 644 g/mol. The summed E-state index contributed by atoms with van der Waals surface area (Å²) >= 11 is 10.4. The first kappa shape index (κ1) is 29.8. The topological polar surface area (TPSA) is 40.6 Å². The third-order valence-corrected chi connectivity index (χ3v) is 10.4. The van der Waals surface area contributed by atoms with Crippen molar-refractivity contribution in [1.82, 2.24) is 9.80 Å². The number of hydrogen-bond donors (Lipinski definition) is 0. The van der Waals surface area contributed by atoms with Gasteiger partial charge in [-0.15, -0.1) is 22.7 Å². The van der Waals surface area contributed by atoms with Gasteiger partial charge >= 0.3 is 0 Å². The van der Waals surface area contributed by atoms with Crippen LogP contribution < -0.4 is 0 Å². The number of thiophene rings is 2. The maximum absolute atomic E-state index is 14.1. The van der Waals surface area contributed by atoms with Crippen LogP contribution in [-0.2, 0) is 9.59 Å². The van der Waals surface area contributed by atoms with Crippen molar-refractivity contribution in [2.45, 2.75) is 79.1 Å². The monoisotopic (exact) mass is 680 g/mol. The molecule has 4 rings (SSSR count). The summed E-state index contributed by atoms with van der Waals surface area (Å²) in [6.45, 7) is 10.3. The molecular formula is C30H38Br2N2O2S2. The summed E-state index contributed by atoms with van der Waals surface area (Å²) in [6.07, 6.45) is 8.76. The second-order valence-corrected chi connectivity index (χ2v) is 16.0. The molecule has 0 bridgehead atoms. The highest BCUT2D eigenvalue weighted by Gasteiger charge is 2.49. The molecule has 0 radical (unpaired) electrons. The zero-order valence-corrected chi connectivity index (χ0v) is 27.6. The van der Waals surface area contributed by atoms with Crippen molar-refractivity contribution in [3.8, 4) is 0 Å². The highest BCUT2D eigenvalue weighted by Crippen LogP contribution is 2.49. The van der Waals surface area contributed by atoms with Gasteiger partial charge in [0.05, 0.1) is 39.9 Å². The van der Waals surface area contributed by atoms with Gasteiger partial charge in [0, 0.05) is 13.1 Å². The molecule has 4 heterocycles. The second-order valence-electron chi connectivity index (χ2n) is 11.1. The summed E-state index contributed by atoms with van der Waals surface area (Å²) in [5, 5.41) is 0. The van der Waals surface area contributed by atoms with Crippen LogP contribution in [0.1, 0.15) is 88.8 Å². The molecule has 2 aromatic heterocycles. The summed E-state index contributed by atoms with van der Waals surface area (Å²) in [5.41, 5.74) is 2.77. The molecule has 2 amide bonds. The van der Waals surface area contributed by atoms with Gasteiger partial charge in [-0.1, -0.05) is 66.2 Å². The van der Waals surface area contributed by atoms with E-state index in [4.69, 9.17) is 0 Å². The molecule has 0 fully saturated rings. The molecule has 0 aliphatic carbocycles. The highest BCUT2D eigenvalue weighted by atomic mass is 79.9. The fraction of sp³-hybridized carbons (Fsp3) is 0.533. The SMILES string of the molecule is CC(C)CCCCCN1C(=O)C2=C(c3ccc(Br)s3)N(CCCCCC(C)C)C(=O)C2=C1c1ccc(Br)s1. The Kier molecular flexibility index (Phi) is 10.5. The maximum atomic E-state index is 14.1. The van der Waals surface area contributed by atoms with E-state index >= 15 is 0 Å². The van der Waals surface area contributed by atoms with Gasteiger partial charge in [-0.3, -0.25) is 9.59 Å². The Labute approximate surface area is 252 Å². The Morgan fingerprint density at radius 1 is 0.632 bits per heavy atom. The quantitative estimate of drug-likeness (QED) is 0.186. The molecule has 38 heavy (non-hydrogen) atoms. The zero-order valence-electron chi connectivity index (χ0n) is 22.8. The molecule has 4 nitrogen and oxygen atoms in total. The van der Waals surface area contributed by atoms with Gasteiger partial charge < -0.3 is 9.80 Å². The summed E-state index contributed by atoms with van der Waals surface area (Å²) in [4.78, 5) is 33.9. The van der Waals surface area contributed by atoms with Crippen molar-refractivity contribution < 1.29 is 9.59 Å². The van der Waals surface area contributed by atoms with E-state index in [2.05, 4.69) is 59.6 Å². The molecule has 0 atom stereocenters. The Hall–Kier alpha value is -1.22. The molecule has 2 aromatic rings. The van der Waals surface area contributed by atoms with E-state index in [1.54, 1.807) is 22.7 Å². The van der Waals surface area contributed by atoms with Crippen molar-refractivity contribution in [1.29, 1.82) is 0 Å². The average molecular weight is 683 g/mol. The van der Waals surface area contributed by atoms with Crippen molar-refractivity contribution in [2.24, 2.45) is 11.8 Å². The lowest BCUT2D eigenvalue weighted by molar-refractivity contribution is -0.124. The average Bonchev–Trinajstić information content (AvgIpc) is 3.60. The first-order chi connectivity index (χ1) is 18.2. The fourth-order valence-corrected chi connectivity index (χ4v) is 8.11. The van der Waals surface area contributed by atoms with Crippen LogP contribution in [-0.4, -0.2) is 34.7 Å². The first-order valence-corrected chi connectivity index (χ1v) is 17.0. The molecule has 8 heteroatoms. The van der Waals surface area contributed by atoms with E-state index in [1.165, 1.54) is 12.8 Å². The lowest BCUT2D eigenvalue weighted by Crippen LogP contribution is -2.30. The summed E-state index contributed by atoms with van der Waals surface area (Å²) < 4.78 is 1.99. The number of halogens is 2. The molecule has 2 aliphatic heterocycles. The number of hydrogen-bond acceptors (Lipinski definition) is 4. The molecule has 0 unspecified atom stereocenters. The summed E-state index contributed by atoms with van der Waals surface area (Å²) in [7, 11) is 0. The molecule has 206 valence electrons. The number of rotatable bonds is 14. The van der Waals surface area contributed by atoms with Gasteiger partial charge in [0.1, 0.15) is 0 Å². The highest BCUT2D eigenvalue weighted by molar-refractivity contribution is 9.11. The Morgan fingerprint density at radius 3 is 1.34 bits per heavy atom. The van der Waals surface area contributed by atoms with Crippen LogP contribution in [0.15, 0.2) is 43.0 Å². The third kappa shape index (κ3) is 6.73. The predicted molar refractivity (Wildman–Crippen MR) is 168 cm³/mol. The van der Waals surface area contributed by atoms with Crippen molar-refractivity contribution >= 4 is 77.7 Å². The molecule has 0 aromatic carbocycles. The predicted octanol–water partition coefficient (Wildman–Crippen LogP) is 9.57. The molecule has 0 saturated heterocycles. The number of fused-ring (bicyclic) bond motifs is 1. The lowest BCUT2D eigenvalue weighted by atomic mass is 10.1.